The van der Waals surface area contributed by atoms with E-state index in [2.05, 4.69) is 36.2 Å². The number of aryl methyl sites for hydroxylation is 1. The minimum Gasteiger partial charge on any atom is -0.481 e. The number of carboxylic acid groups (broad SMARTS) is 1. The van der Waals surface area contributed by atoms with E-state index in [0.717, 1.165) is 26.4 Å². The molecule has 0 saturated carbocycles. The summed E-state index contributed by atoms with van der Waals surface area (Å²) < 4.78 is 1.03. The molecular weight excluding hydrogens is 270 g/mol. The SMILES string of the molecule is Cc1ccc(-c2nc3ccc(CC(=O)O)cc3s2)cc1. The number of fused-ring (bicyclic) bond motifs is 1. The second-order valence-corrected chi connectivity index (χ2v) is 5.79. The summed E-state index contributed by atoms with van der Waals surface area (Å²) in [7, 11) is 0. The van der Waals surface area contributed by atoms with Gasteiger partial charge in [-0.25, -0.2) is 4.98 Å². The van der Waals surface area contributed by atoms with Crippen molar-refractivity contribution in [2.45, 2.75) is 13.3 Å². The predicted molar refractivity (Wildman–Crippen MR) is 81.1 cm³/mol. The molecule has 0 atom stereocenters. The van der Waals surface area contributed by atoms with Crippen molar-refractivity contribution in [2.75, 3.05) is 0 Å². The Morgan fingerprint density at radius 1 is 1.20 bits per heavy atom. The first-order chi connectivity index (χ1) is 9.61. The summed E-state index contributed by atoms with van der Waals surface area (Å²) in [5, 5.41) is 9.80. The fourth-order valence-electron chi connectivity index (χ4n) is 2.07. The number of nitrogens with zero attached hydrogens (tertiary/aromatic N) is 1. The van der Waals surface area contributed by atoms with Gasteiger partial charge in [0.2, 0.25) is 0 Å². The molecule has 1 N–H and O–H groups in total. The molecule has 0 fully saturated rings. The van der Waals surface area contributed by atoms with Crippen LogP contribution in [0.25, 0.3) is 20.8 Å². The van der Waals surface area contributed by atoms with Crippen molar-refractivity contribution in [3.63, 3.8) is 0 Å². The van der Waals surface area contributed by atoms with Gasteiger partial charge in [0, 0.05) is 5.56 Å². The number of rotatable bonds is 3. The lowest BCUT2D eigenvalue weighted by molar-refractivity contribution is -0.136. The molecule has 4 heteroatoms. The number of benzene rings is 2. The zero-order valence-electron chi connectivity index (χ0n) is 11.0. The van der Waals surface area contributed by atoms with E-state index in [-0.39, 0.29) is 6.42 Å². The molecule has 1 aromatic heterocycles. The first kappa shape index (κ1) is 12.8. The van der Waals surface area contributed by atoms with E-state index in [4.69, 9.17) is 5.11 Å². The standard InChI is InChI=1S/C16H13NO2S/c1-10-2-5-12(6-3-10)16-17-13-7-4-11(9-15(18)19)8-14(13)20-16/h2-8H,9H2,1H3,(H,18,19). The van der Waals surface area contributed by atoms with E-state index in [1.54, 1.807) is 11.3 Å². The van der Waals surface area contributed by atoms with Gasteiger partial charge >= 0.3 is 5.97 Å². The summed E-state index contributed by atoms with van der Waals surface area (Å²) in [5.41, 5.74) is 4.04. The second-order valence-electron chi connectivity index (χ2n) is 4.76. The lowest BCUT2D eigenvalue weighted by atomic mass is 10.1. The Hall–Kier alpha value is -2.20. The fraction of sp³-hybridized carbons (Fsp3) is 0.125. The van der Waals surface area contributed by atoms with Crippen molar-refractivity contribution in [2.24, 2.45) is 0 Å². The Labute approximate surface area is 120 Å². The molecule has 0 spiro atoms. The molecule has 3 aromatic rings. The third kappa shape index (κ3) is 2.56. The maximum atomic E-state index is 10.8. The number of hydrogen-bond donors (Lipinski definition) is 1. The molecular formula is C16H13NO2S. The zero-order chi connectivity index (χ0) is 14.1. The Morgan fingerprint density at radius 3 is 2.65 bits per heavy atom. The number of aromatic nitrogens is 1. The molecule has 0 aliphatic heterocycles. The number of hydrogen-bond acceptors (Lipinski definition) is 3. The van der Waals surface area contributed by atoms with E-state index in [1.165, 1.54) is 5.56 Å². The highest BCUT2D eigenvalue weighted by molar-refractivity contribution is 7.21. The number of thiazole rings is 1. The second kappa shape index (κ2) is 5.06. The van der Waals surface area contributed by atoms with Crippen LogP contribution in [0.5, 0.6) is 0 Å². The van der Waals surface area contributed by atoms with Gasteiger partial charge in [0.15, 0.2) is 0 Å². The van der Waals surface area contributed by atoms with Gasteiger partial charge in [0.05, 0.1) is 16.6 Å². The molecule has 100 valence electrons. The van der Waals surface area contributed by atoms with E-state index in [9.17, 15) is 4.79 Å². The van der Waals surface area contributed by atoms with Crippen LogP contribution < -0.4 is 0 Å². The fourth-order valence-corrected chi connectivity index (χ4v) is 3.11. The van der Waals surface area contributed by atoms with Crippen LogP contribution >= 0.6 is 11.3 Å². The summed E-state index contributed by atoms with van der Waals surface area (Å²) in [5.74, 6) is -0.812. The van der Waals surface area contributed by atoms with E-state index in [1.807, 2.05) is 18.2 Å². The van der Waals surface area contributed by atoms with E-state index in [0.29, 0.717) is 0 Å². The van der Waals surface area contributed by atoms with Crippen molar-refractivity contribution >= 4 is 27.5 Å². The van der Waals surface area contributed by atoms with Gasteiger partial charge in [0.1, 0.15) is 5.01 Å². The molecule has 0 saturated heterocycles. The zero-order valence-corrected chi connectivity index (χ0v) is 11.8. The minimum atomic E-state index is -0.812. The number of carboxylic acids is 1. The molecule has 0 aliphatic carbocycles. The van der Waals surface area contributed by atoms with Crippen LogP contribution in [0.2, 0.25) is 0 Å². The van der Waals surface area contributed by atoms with Crippen LogP contribution in [-0.2, 0) is 11.2 Å². The smallest absolute Gasteiger partial charge is 0.307 e. The van der Waals surface area contributed by atoms with Gasteiger partial charge in [-0.15, -0.1) is 11.3 Å². The van der Waals surface area contributed by atoms with Crippen LogP contribution in [0.4, 0.5) is 0 Å². The molecule has 20 heavy (non-hydrogen) atoms. The molecule has 1 heterocycles. The third-order valence-corrected chi connectivity index (χ3v) is 4.17. The summed E-state index contributed by atoms with van der Waals surface area (Å²) in [6, 6.07) is 13.9. The number of aliphatic carboxylic acids is 1. The van der Waals surface area contributed by atoms with Crippen LogP contribution in [0, 0.1) is 6.92 Å². The molecule has 0 radical (unpaired) electrons. The van der Waals surface area contributed by atoms with Gasteiger partial charge < -0.3 is 5.11 Å². The average Bonchev–Trinajstić information content (AvgIpc) is 2.81. The van der Waals surface area contributed by atoms with Crippen LogP contribution in [-0.4, -0.2) is 16.1 Å². The number of carbonyl (C=O) groups is 1. The van der Waals surface area contributed by atoms with Crippen molar-refractivity contribution < 1.29 is 9.90 Å². The molecule has 2 aromatic carbocycles. The molecule has 3 nitrogen and oxygen atoms in total. The topological polar surface area (TPSA) is 50.2 Å². The monoisotopic (exact) mass is 283 g/mol. The normalized spacial score (nSPS) is 10.8. The Morgan fingerprint density at radius 2 is 1.95 bits per heavy atom. The van der Waals surface area contributed by atoms with Crippen LogP contribution in [0.3, 0.4) is 0 Å². The summed E-state index contributed by atoms with van der Waals surface area (Å²) in [6.45, 7) is 2.06. The molecule has 3 rings (SSSR count). The quantitative estimate of drug-likeness (QED) is 0.793. The molecule has 0 aliphatic rings. The lowest BCUT2D eigenvalue weighted by Crippen LogP contribution is -1.99. The molecule has 0 bridgehead atoms. The van der Waals surface area contributed by atoms with Crippen molar-refractivity contribution in [1.29, 1.82) is 0 Å². The Balaban J connectivity index is 2.01. The first-order valence-corrected chi connectivity index (χ1v) is 7.12. The van der Waals surface area contributed by atoms with Gasteiger partial charge in [-0.05, 0) is 24.6 Å². The van der Waals surface area contributed by atoms with Gasteiger partial charge in [0.25, 0.3) is 0 Å². The van der Waals surface area contributed by atoms with Crippen molar-refractivity contribution in [3.05, 3.63) is 53.6 Å². The first-order valence-electron chi connectivity index (χ1n) is 6.30. The lowest BCUT2D eigenvalue weighted by Gasteiger charge is -1.95. The third-order valence-electron chi connectivity index (χ3n) is 3.11. The highest BCUT2D eigenvalue weighted by Gasteiger charge is 2.08. The summed E-state index contributed by atoms with van der Waals surface area (Å²) in [6.07, 6.45) is 0.0493. The summed E-state index contributed by atoms with van der Waals surface area (Å²) in [4.78, 5) is 15.4. The largest absolute Gasteiger partial charge is 0.481 e. The maximum absolute atomic E-state index is 10.8. The molecule has 0 unspecified atom stereocenters. The Kier molecular flexibility index (Phi) is 3.24. The molecule has 0 amide bonds. The Bertz CT molecular complexity index is 775. The van der Waals surface area contributed by atoms with Gasteiger partial charge in [-0.1, -0.05) is 35.9 Å². The van der Waals surface area contributed by atoms with E-state index < -0.39 is 5.97 Å². The highest BCUT2D eigenvalue weighted by Crippen LogP contribution is 2.30. The predicted octanol–water partition coefficient (Wildman–Crippen LogP) is 3.90. The van der Waals surface area contributed by atoms with Crippen molar-refractivity contribution in [3.8, 4) is 10.6 Å². The van der Waals surface area contributed by atoms with Gasteiger partial charge in [-0.2, -0.15) is 0 Å². The van der Waals surface area contributed by atoms with Gasteiger partial charge in [-0.3, -0.25) is 4.79 Å². The average molecular weight is 283 g/mol. The maximum Gasteiger partial charge on any atom is 0.307 e. The summed E-state index contributed by atoms with van der Waals surface area (Å²) >= 11 is 1.59. The van der Waals surface area contributed by atoms with E-state index >= 15 is 0 Å². The van der Waals surface area contributed by atoms with Crippen LogP contribution in [0.1, 0.15) is 11.1 Å². The van der Waals surface area contributed by atoms with Crippen molar-refractivity contribution in [1.82, 2.24) is 4.98 Å². The highest BCUT2D eigenvalue weighted by atomic mass is 32.1. The van der Waals surface area contributed by atoms with Crippen LogP contribution in [0.15, 0.2) is 42.5 Å². The minimum absolute atomic E-state index is 0.0493.